The van der Waals surface area contributed by atoms with Crippen LogP contribution in [0.4, 0.5) is 4.39 Å². The highest BCUT2D eigenvalue weighted by Crippen LogP contribution is 2.27. The molecule has 1 aliphatic carbocycles. The fourth-order valence-corrected chi connectivity index (χ4v) is 2.97. The summed E-state index contributed by atoms with van der Waals surface area (Å²) in [6, 6.07) is 6.23. The first-order valence-corrected chi connectivity index (χ1v) is 8.21. The zero-order valence-corrected chi connectivity index (χ0v) is 13.6. The van der Waals surface area contributed by atoms with Gasteiger partial charge in [0.2, 0.25) is 0 Å². The Morgan fingerprint density at radius 2 is 2.04 bits per heavy atom. The molecule has 3 rings (SSSR count). The van der Waals surface area contributed by atoms with E-state index in [9.17, 15) is 9.18 Å². The van der Waals surface area contributed by atoms with Crippen LogP contribution >= 0.6 is 0 Å². The van der Waals surface area contributed by atoms with Gasteiger partial charge in [-0.2, -0.15) is 5.10 Å². The van der Waals surface area contributed by atoms with Gasteiger partial charge < -0.3 is 5.32 Å². The minimum Gasteiger partial charge on any atom is -0.351 e. The number of aromatic nitrogens is 2. The van der Waals surface area contributed by atoms with E-state index in [-0.39, 0.29) is 11.7 Å². The van der Waals surface area contributed by atoms with Crippen molar-refractivity contribution in [3.63, 3.8) is 0 Å². The second-order valence-corrected chi connectivity index (χ2v) is 6.45. The van der Waals surface area contributed by atoms with Crippen LogP contribution in [0.3, 0.4) is 0 Å². The lowest BCUT2D eigenvalue weighted by Crippen LogP contribution is -2.26. The molecule has 0 bridgehead atoms. The summed E-state index contributed by atoms with van der Waals surface area (Å²) in [6.07, 6.45) is 3.76. The van der Waals surface area contributed by atoms with Crippen LogP contribution in [0.1, 0.15) is 48.4 Å². The molecule has 0 saturated carbocycles. The fourth-order valence-electron chi connectivity index (χ4n) is 2.97. The van der Waals surface area contributed by atoms with Crippen molar-refractivity contribution in [3.8, 4) is 5.69 Å². The lowest BCUT2D eigenvalue weighted by molar-refractivity contribution is 0.0945. The Balaban J connectivity index is 1.86. The third-order valence-corrected chi connectivity index (χ3v) is 4.22. The number of carbonyl (C=O) groups excluding carboxylic acids is 1. The second kappa shape index (κ2) is 6.52. The smallest absolute Gasteiger partial charge is 0.272 e. The van der Waals surface area contributed by atoms with Crippen molar-refractivity contribution < 1.29 is 9.18 Å². The van der Waals surface area contributed by atoms with Crippen LogP contribution in [0, 0.1) is 11.7 Å². The van der Waals surface area contributed by atoms with Gasteiger partial charge in [0, 0.05) is 17.8 Å². The molecule has 0 fully saturated rings. The third-order valence-electron chi connectivity index (χ3n) is 4.22. The predicted molar refractivity (Wildman–Crippen MR) is 87.3 cm³/mol. The Labute approximate surface area is 135 Å². The van der Waals surface area contributed by atoms with Gasteiger partial charge in [-0.25, -0.2) is 9.07 Å². The average Bonchev–Trinajstić information content (AvgIpc) is 3.09. The standard InChI is InChI=1S/C18H22FN3O/c1-12(2)10-11-20-18(23)17-15-4-3-5-16(15)22(21-17)14-8-6-13(19)7-9-14/h6-9,12H,3-5,10-11H2,1-2H3,(H,20,23). The highest BCUT2D eigenvalue weighted by molar-refractivity contribution is 5.94. The number of halogens is 1. The van der Waals surface area contributed by atoms with Crippen LogP contribution in [0.5, 0.6) is 0 Å². The van der Waals surface area contributed by atoms with Crippen molar-refractivity contribution in [1.29, 1.82) is 0 Å². The van der Waals surface area contributed by atoms with Gasteiger partial charge in [-0.05, 0) is 55.9 Å². The van der Waals surface area contributed by atoms with E-state index < -0.39 is 0 Å². The Morgan fingerprint density at radius 3 is 2.74 bits per heavy atom. The summed E-state index contributed by atoms with van der Waals surface area (Å²) in [4.78, 5) is 12.4. The maximum Gasteiger partial charge on any atom is 0.272 e. The van der Waals surface area contributed by atoms with Crippen LogP contribution in [0.25, 0.3) is 5.69 Å². The number of nitrogens with zero attached hydrogens (tertiary/aromatic N) is 2. The Bertz CT molecular complexity index is 704. The van der Waals surface area contributed by atoms with E-state index in [0.717, 1.165) is 42.6 Å². The molecule has 0 radical (unpaired) electrons. The average molecular weight is 315 g/mol. The molecule has 23 heavy (non-hydrogen) atoms. The zero-order chi connectivity index (χ0) is 16.4. The van der Waals surface area contributed by atoms with E-state index in [1.54, 1.807) is 16.8 Å². The predicted octanol–water partition coefficient (Wildman–Crippen LogP) is 3.28. The van der Waals surface area contributed by atoms with E-state index >= 15 is 0 Å². The Kier molecular flexibility index (Phi) is 4.46. The SMILES string of the molecule is CC(C)CCNC(=O)c1nn(-c2ccc(F)cc2)c2c1CCC2. The molecule has 0 unspecified atom stereocenters. The summed E-state index contributed by atoms with van der Waals surface area (Å²) in [6.45, 7) is 4.93. The summed E-state index contributed by atoms with van der Waals surface area (Å²) < 4.78 is 14.9. The van der Waals surface area contributed by atoms with Gasteiger partial charge in [-0.15, -0.1) is 0 Å². The van der Waals surface area contributed by atoms with Crippen molar-refractivity contribution in [2.75, 3.05) is 6.54 Å². The molecular weight excluding hydrogens is 293 g/mol. The van der Waals surface area contributed by atoms with E-state index in [2.05, 4.69) is 24.3 Å². The summed E-state index contributed by atoms with van der Waals surface area (Å²) >= 11 is 0. The lowest BCUT2D eigenvalue weighted by Gasteiger charge is -2.06. The summed E-state index contributed by atoms with van der Waals surface area (Å²) in [5, 5.41) is 7.47. The van der Waals surface area contributed by atoms with Gasteiger partial charge in [0.1, 0.15) is 5.82 Å². The number of nitrogens with one attached hydrogen (secondary N) is 1. The van der Waals surface area contributed by atoms with Gasteiger partial charge in [0.25, 0.3) is 5.91 Å². The summed E-state index contributed by atoms with van der Waals surface area (Å²) in [7, 11) is 0. The van der Waals surface area contributed by atoms with Crippen LogP contribution in [-0.4, -0.2) is 22.2 Å². The number of fused-ring (bicyclic) bond motifs is 1. The Hall–Kier alpha value is -2.17. The highest BCUT2D eigenvalue weighted by atomic mass is 19.1. The number of carbonyl (C=O) groups is 1. The number of hydrogen-bond donors (Lipinski definition) is 1. The summed E-state index contributed by atoms with van der Waals surface area (Å²) in [5.41, 5.74) is 3.43. The molecule has 4 nitrogen and oxygen atoms in total. The van der Waals surface area contributed by atoms with Crippen LogP contribution in [0.15, 0.2) is 24.3 Å². The maximum absolute atomic E-state index is 13.1. The molecule has 1 aromatic heterocycles. The monoisotopic (exact) mass is 315 g/mol. The van der Waals surface area contributed by atoms with Crippen molar-refractivity contribution in [2.45, 2.75) is 39.5 Å². The van der Waals surface area contributed by atoms with Gasteiger partial charge >= 0.3 is 0 Å². The molecule has 122 valence electrons. The number of benzene rings is 1. The minimum absolute atomic E-state index is 0.107. The molecule has 1 aromatic carbocycles. The van der Waals surface area contributed by atoms with Crippen LogP contribution in [-0.2, 0) is 12.8 Å². The van der Waals surface area contributed by atoms with Crippen molar-refractivity contribution in [2.24, 2.45) is 5.92 Å². The molecule has 1 heterocycles. The number of amides is 1. The first-order chi connectivity index (χ1) is 11.1. The minimum atomic E-state index is -0.274. The molecule has 5 heteroatoms. The van der Waals surface area contributed by atoms with E-state index in [0.29, 0.717) is 18.2 Å². The number of hydrogen-bond acceptors (Lipinski definition) is 2. The lowest BCUT2D eigenvalue weighted by atomic mass is 10.1. The molecule has 1 aliphatic rings. The van der Waals surface area contributed by atoms with E-state index in [1.165, 1.54) is 12.1 Å². The topological polar surface area (TPSA) is 46.9 Å². The largest absolute Gasteiger partial charge is 0.351 e. The van der Waals surface area contributed by atoms with Crippen LogP contribution < -0.4 is 5.32 Å². The van der Waals surface area contributed by atoms with Gasteiger partial charge in [0.05, 0.1) is 5.69 Å². The van der Waals surface area contributed by atoms with Gasteiger partial charge in [-0.3, -0.25) is 4.79 Å². The fraction of sp³-hybridized carbons (Fsp3) is 0.444. The van der Waals surface area contributed by atoms with E-state index in [4.69, 9.17) is 0 Å². The van der Waals surface area contributed by atoms with Gasteiger partial charge in [-0.1, -0.05) is 13.8 Å². The first-order valence-electron chi connectivity index (χ1n) is 8.21. The van der Waals surface area contributed by atoms with Crippen molar-refractivity contribution >= 4 is 5.91 Å². The molecule has 0 spiro atoms. The van der Waals surface area contributed by atoms with Gasteiger partial charge in [0.15, 0.2) is 5.69 Å². The van der Waals surface area contributed by atoms with Crippen molar-refractivity contribution in [1.82, 2.24) is 15.1 Å². The second-order valence-electron chi connectivity index (χ2n) is 6.45. The molecular formula is C18H22FN3O. The van der Waals surface area contributed by atoms with Crippen molar-refractivity contribution in [3.05, 3.63) is 47.0 Å². The maximum atomic E-state index is 13.1. The first kappa shape index (κ1) is 15.7. The highest BCUT2D eigenvalue weighted by Gasteiger charge is 2.26. The normalized spacial score (nSPS) is 13.4. The van der Waals surface area contributed by atoms with Crippen LogP contribution in [0.2, 0.25) is 0 Å². The third kappa shape index (κ3) is 3.28. The molecule has 0 atom stereocenters. The molecule has 0 aliphatic heterocycles. The zero-order valence-electron chi connectivity index (χ0n) is 13.6. The molecule has 2 aromatic rings. The van der Waals surface area contributed by atoms with E-state index in [1.807, 2.05) is 0 Å². The molecule has 1 N–H and O–H groups in total. The number of rotatable bonds is 5. The molecule has 1 amide bonds. The summed E-state index contributed by atoms with van der Waals surface area (Å²) in [5.74, 6) is 0.173. The quantitative estimate of drug-likeness (QED) is 0.920. The molecule has 0 saturated heterocycles. The Morgan fingerprint density at radius 1 is 1.30 bits per heavy atom.